The molecule has 6 heteroatoms. The molecule has 2 unspecified atom stereocenters. The van der Waals surface area contributed by atoms with Gasteiger partial charge >= 0.3 is 5.97 Å². The maximum Gasteiger partial charge on any atom is 0.303 e. The third kappa shape index (κ3) is 2.94. The fourth-order valence-electron chi connectivity index (χ4n) is 2.79. The van der Waals surface area contributed by atoms with Crippen LogP contribution in [0, 0.1) is 5.92 Å². The monoisotopic (exact) mass is 291 g/mol. The number of fused-ring (bicyclic) bond motifs is 1. The van der Waals surface area contributed by atoms with Crippen molar-refractivity contribution in [2.75, 3.05) is 19.7 Å². The zero-order valence-corrected chi connectivity index (χ0v) is 11.5. The zero-order chi connectivity index (χ0) is 14.8. The summed E-state index contributed by atoms with van der Waals surface area (Å²) in [4.78, 5) is 24.8. The number of carboxylic acids is 1. The number of aliphatic carboxylic acids is 1. The second-order valence-corrected chi connectivity index (χ2v) is 5.40. The first-order valence-corrected chi connectivity index (χ1v) is 7.02. The van der Waals surface area contributed by atoms with Crippen LogP contribution in [-0.2, 0) is 9.59 Å². The highest BCUT2D eigenvalue weighted by Gasteiger charge is 2.35. The van der Waals surface area contributed by atoms with Gasteiger partial charge in [0.1, 0.15) is 6.61 Å². The van der Waals surface area contributed by atoms with Crippen LogP contribution in [0.4, 0.5) is 0 Å². The lowest BCUT2D eigenvalue weighted by molar-refractivity contribution is -0.141. The fraction of sp³-hybridized carbons (Fsp3) is 0.467. The molecule has 0 aliphatic carbocycles. The highest BCUT2D eigenvalue weighted by Crippen LogP contribution is 2.32. The predicted octanol–water partition coefficient (Wildman–Crippen LogP) is 1.15. The minimum absolute atomic E-state index is 0.0308. The highest BCUT2D eigenvalue weighted by atomic mass is 16.6. The van der Waals surface area contributed by atoms with Crippen molar-refractivity contribution in [2.45, 2.75) is 18.9 Å². The number of amides is 1. The van der Waals surface area contributed by atoms with Crippen molar-refractivity contribution in [1.29, 1.82) is 0 Å². The minimum Gasteiger partial charge on any atom is -0.485 e. The third-order valence-electron chi connectivity index (χ3n) is 3.84. The van der Waals surface area contributed by atoms with Crippen LogP contribution in [0.15, 0.2) is 24.3 Å². The quantitative estimate of drug-likeness (QED) is 0.904. The van der Waals surface area contributed by atoms with Crippen LogP contribution in [0.5, 0.6) is 11.5 Å². The van der Waals surface area contributed by atoms with Gasteiger partial charge in [-0.1, -0.05) is 12.1 Å². The van der Waals surface area contributed by atoms with E-state index in [1.165, 1.54) is 0 Å². The van der Waals surface area contributed by atoms with Crippen LogP contribution < -0.4 is 9.47 Å². The number of likely N-dealkylation sites (tertiary alicyclic amines) is 1. The molecular weight excluding hydrogens is 274 g/mol. The number of rotatable bonds is 3. The summed E-state index contributed by atoms with van der Waals surface area (Å²) in [6.45, 7) is 1.25. The Kier molecular flexibility index (Phi) is 3.68. The molecule has 0 aromatic heterocycles. The van der Waals surface area contributed by atoms with E-state index >= 15 is 0 Å². The van der Waals surface area contributed by atoms with E-state index < -0.39 is 12.1 Å². The summed E-state index contributed by atoms with van der Waals surface area (Å²) >= 11 is 0. The van der Waals surface area contributed by atoms with Gasteiger partial charge in [0, 0.05) is 19.5 Å². The van der Waals surface area contributed by atoms with E-state index in [0.717, 1.165) is 6.42 Å². The van der Waals surface area contributed by atoms with E-state index in [4.69, 9.17) is 14.6 Å². The van der Waals surface area contributed by atoms with Gasteiger partial charge in [0.25, 0.3) is 5.91 Å². The van der Waals surface area contributed by atoms with Crippen LogP contribution in [0.25, 0.3) is 0 Å². The number of benzene rings is 1. The van der Waals surface area contributed by atoms with E-state index in [1.807, 2.05) is 12.1 Å². The van der Waals surface area contributed by atoms with Crippen molar-refractivity contribution in [2.24, 2.45) is 5.92 Å². The maximum atomic E-state index is 12.4. The van der Waals surface area contributed by atoms with Gasteiger partial charge in [-0.25, -0.2) is 0 Å². The Morgan fingerprint density at radius 3 is 2.81 bits per heavy atom. The number of carbonyl (C=O) groups is 2. The molecule has 0 bridgehead atoms. The first-order valence-electron chi connectivity index (χ1n) is 7.02. The van der Waals surface area contributed by atoms with Gasteiger partial charge in [0.05, 0.1) is 0 Å². The molecule has 2 aliphatic rings. The molecule has 1 aromatic rings. The Hall–Kier alpha value is -2.24. The van der Waals surface area contributed by atoms with E-state index in [1.54, 1.807) is 17.0 Å². The van der Waals surface area contributed by atoms with Gasteiger partial charge in [-0.3, -0.25) is 9.59 Å². The molecule has 1 fully saturated rings. The van der Waals surface area contributed by atoms with E-state index in [9.17, 15) is 9.59 Å². The number of carbonyl (C=O) groups excluding carboxylic acids is 1. The van der Waals surface area contributed by atoms with Crippen molar-refractivity contribution in [3.63, 3.8) is 0 Å². The Morgan fingerprint density at radius 1 is 1.29 bits per heavy atom. The lowest BCUT2D eigenvalue weighted by Crippen LogP contribution is -2.45. The number of para-hydroxylation sites is 2. The van der Waals surface area contributed by atoms with Crippen LogP contribution >= 0.6 is 0 Å². The Bertz CT molecular complexity index is 559. The molecule has 2 aliphatic heterocycles. The molecule has 0 radical (unpaired) electrons. The molecule has 3 rings (SSSR count). The van der Waals surface area contributed by atoms with Gasteiger partial charge in [-0.2, -0.15) is 0 Å². The summed E-state index contributed by atoms with van der Waals surface area (Å²) in [7, 11) is 0. The van der Waals surface area contributed by atoms with E-state index in [2.05, 4.69) is 0 Å². The molecule has 0 spiro atoms. The van der Waals surface area contributed by atoms with Crippen LogP contribution in [-0.4, -0.2) is 47.7 Å². The van der Waals surface area contributed by atoms with Crippen LogP contribution in [0.2, 0.25) is 0 Å². The van der Waals surface area contributed by atoms with E-state index in [0.29, 0.717) is 24.6 Å². The molecule has 2 heterocycles. The third-order valence-corrected chi connectivity index (χ3v) is 3.84. The van der Waals surface area contributed by atoms with Crippen LogP contribution in [0.3, 0.4) is 0 Å². The van der Waals surface area contributed by atoms with Gasteiger partial charge in [0.15, 0.2) is 11.5 Å². The second kappa shape index (κ2) is 5.63. The molecule has 1 aromatic carbocycles. The smallest absolute Gasteiger partial charge is 0.303 e. The van der Waals surface area contributed by atoms with Gasteiger partial charge in [0.2, 0.25) is 6.10 Å². The van der Waals surface area contributed by atoms with E-state index in [-0.39, 0.29) is 24.9 Å². The molecule has 2 atom stereocenters. The molecule has 0 saturated carbocycles. The first-order chi connectivity index (χ1) is 10.1. The summed E-state index contributed by atoms with van der Waals surface area (Å²) in [6, 6.07) is 7.25. The molecule has 6 nitrogen and oxygen atoms in total. The van der Waals surface area contributed by atoms with Crippen molar-refractivity contribution in [1.82, 2.24) is 4.90 Å². The van der Waals surface area contributed by atoms with Crippen molar-refractivity contribution in [3.8, 4) is 11.5 Å². The Balaban J connectivity index is 1.61. The summed E-state index contributed by atoms with van der Waals surface area (Å²) in [5.41, 5.74) is 0. The highest BCUT2D eigenvalue weighted by molar-refractivity contribution is 5.82. The van der Waals surface area contributed by atoms with Crippen molar-refractivity contribution >= 4 is 11.9 Å². The number of hydrogen-bond acceptors (Lipinski definition) is 4. The van der Waals surface area contributed by atoms with Crippen molar-refractivity contribution < 1.29 is 24.2 Å². The lowest BCUT2D eigenvalue weighted by atomic mass is 10.1. The summed E-state index contributed by atoms with van der Waals surface area (Å²) in [6.07, 6.45) is 0.181. The normalized spacial score (nSPS) is 23.9. The Labute approximate surface area is 122 Å². The molecular formula is C15H17NO5. The average molecular weight is 291 g/mol. The largest absolute Gasteiger partial charge is 0.485 e. The molecule has 1 saturated heterocycles. The lowest BCUT2D eigenvalue weighted by Gasteiger charge is -2.28. The summed E-state index contributed by atoms with van der Waals surface area (Å²) in [5, 5.41) is 8.81. The van der Waals surface area contributed by atoms with Crippen LogP contribution in [0.1, 0.15) is 12.8 Å². The number of hydrogen-bond donors (Lipinski definition) is 1. The summed E-state index contributed by atoms with van der Waals surface area (Å²) in [5.74, 6) is 0.302. The number of ether oxygens (including phenoxy) is 2. The summed E-state index contributed by atoms with van der Waals surface area (Å²) < 4.78 is 11.2. The fourth-order valence-corrected chi connectivity index (χ4v) is 2.79. The Morgan fingerprint density at radius 2 is 2.05 bits per heavy atom. The molecule has 21 heavy (non-hydrogen) atoms. The second-order valence-electron chi connectivity index (χ2n) is 5.40. The van der Waals surface area contributed by atoms with Gasteiger partial charge in [-0.05, 0) is 24.5 Å². The van der Waals surface area contributed by atoms with Crippen molar-refractivity contribution in [3.05, 3.63) is 24.3 Å². The average Bonchev–Trinajstić information content (AvgIpc) is 2.93. The zero-order valence-electron chi connectivity index (χ0n) is 11.5. The molecule has 1 N–H and O–H groups in total. The maximum absolute atomic E-state index is 12.4. The van der Waals surface area contributed by atoms with Gasteiger partial charge < -0.3 is 19.5 Å². The number of nitrogens with zero attached hydrogens (tertiary/aromatic N) is 1. The first kappa shape index (κ1) is 13.7. The molecule has 1 amide bonds. The predicted molar refractivity (Wildman–Crippen MR) is 73.3 cm³/mol. The topological polar surface area (TPSA) is 76.1 Å². The minimum atomic E-state index is -0.819. The molecule has 112 valence electrons. The number of carboxylic acid groups (broad SMARTS) is 1. The standard InChI is InChI=1S/C15H17NO5/c17-14(18)7-10-5-6-16(8-10)15(19)13-9-20-11-3-1-2-4-12(11)21-13/h1-4,10,13H,5-9H2,(H,17,18). The SMILES string of the molecule is O=C(O)CC1CCN(C(=O)C2COc3ccccc3O2)C1. The van der Waals surface area contributed by atoms with Gasteiger partial charge in [-0.15, -0.1) is 0 Å².